The Morgan fingerprint density at radius 1 is 0.972 bits per heavy atom. The summed E-state index contributed by atoms with van der Waals surface area (Å²) in [4.78, 5) is 22.1. The normalized spacial score (nSPS) is 11.3. The molecule has 0 radical (unpaired) electrons. The second kappa shape index (κ2) is 9.24. The van der Waals surface area contributed by atoms with Gasteiger partial charge in [-0.05, 0) is 59.7 Å². The Kier molecular flexibility index (Phi) is 5.96. The number of anilines is 1. The average molecular weight is 501 g/mol. The number of aromatic nitrogens is 2. The van der Waals surface area contributed by atoms with Crippen LogP contribution in [0.2, 0.25) is 0 Å². The molecule has 0 spiro atoms. The lowest BCUT2D eigenvalue weighted by molar-refractivity contribution is -0.137. The van der Waals surface area contributed by atoms with Gasteiger partial charge in [-0.15, -0.1) is 11.3 Å². The summed E-state index contributed by atoms with van der Waals surface area (Å²) in [7, 11) is 0. The molecule has 3 heterocycles. The van der Waals surface area contributed by atoms with Crippen molar-refractivity contribution in [3.05, 3.63) is 102 Å². The van der Waals surface area contributed by atoms with E-state index in [4.69, 9.17) is 0 Å². The third-order valence-corrected chi connectivity index (χ3v) is 6.68. The zero-order chi connectivity index (χ0) is 25.3. The van der Waals surface area contributed by atoms with Gasteiger partial charge in [-0.2, -0.15) is 18.4 Å². The summed E-state index contributed by atoms with van der Waals surface area (Å²) in [5.41, 5.74) is 2.77. The summed E-state index contributed by atoms with van der Waals surface area (Å²) >= 11 is 1.49. The van der Waals surface area contributed by atoms with Crippen molar-refractivity contribution >= 4 is 33.1 Å². The minimum atomic E-state index is -4.55. The van der Waals surface area contributed by atoms with Crippen LogP contribution in [0, 0.1) is 11.3 Å². The smallest absolute Gasteiger partial charge is 0.322 e. The summed E-state index contributed by atoms with van der Waals surface area (Å²) in [6.45, 7) is 0. The number of rotatable bonds is 4. The number of fused-ring (bicyclic) bond motifs is 1. The number of alkyl halides is 3. The van der Waals surface area contributed by atoms with E-state index in [-0.39, 0.29) is 5.56 Å². The number of hydrogen-bond acceptors (Lipinski definition) is 5. The van der Waals surface area contributed by atoms with Crippen molar-refractivity contribution in [2.75, 3.05) is 5.32 Å². The maximum atomic E-state index is 13.0. The molecule has 0 unspecified atom stereocenters. The van der Waals surface area contributed by atoms with E-state index >= 15 is 0 Å². The molecule has 5 rings (SSSR count). The molecule has 0 aliphatic carbocycles. The van der Waals surface area contributed by atoms with E-state index in [9.17, 15) is 23.2 Å². The van der Waals surface area contributed by atoms with Crippen LogP contribution in [0.15, 0.2) is 85.3 Å². The summed E-state index contributed by atoms with van der Waals surface area (Å²) < 4.78 is 39.9. The number of benzene rings is 2. The summed E-state index contributed by atoms with van der Waals surface area (Å²) in [5, 5.41) is 12.4. The number of halogens is 3. The first-order valence-corrected chi connectivity index (χ1v) is 11.5. The minimum Gasteiger partial charge on any atom is -0.322 e. The van der Waals surface area contributed by atoms with E-state index in [0.29, 0.717) is 22.4 Å². The second-order valence-electron chi connectivity index (χ2n) is 7.83. The highest BCUT2D eigenvalue weighted by Gasteiger charge is 2.31. The fourth-order valence-electron chi connectivity index (χ4n) is 3.80. The standard InChI is InChI=1S/C27H15F3N4OS/c28-27(29,30)20-5-1-4-18(11-20)26(35)34-21-6-2-3-17(12-21)24-19(14-31)15-33-22-13-23(36-25(22)24)16-7-9-32-10-8-16/h1-13,15H,(H,34,35). The third-order valence-electron chi connectivity index (χ3n) is 5.49. The Balaban J connectivity index is 1.52. The van der Waals surface area contributed by atoms with Gasteiger partial charge in [0, 0.05) is 40.3 Å². The maximum Gasteiger partial charge on any atom is 0.416 e. The molecule has 0 saturated heterocycles. The molecule has 1 N–H and O–H groups in total. The first kappa shape index (κ1) is 23.2. The molecule has 0 aliphatic rings. The molecule has 3 aromatic heterocycles. The van der Waals surface area contributed by atoms with Gasteiger partial charge in [-0.1, -0.05) is 18.2 Å². The Bertz CT molecular complexity index is 1640. The van der Waals surface area contributed by atoms with Crippen molar-refractivity contribution in [2.24, 2.45) is 0 Å². The van der Waals surface area contributed by atoms with Crippen LogP contribution in [0.5, 0.6) is 0 Å². The molecule has 0 saturated carbocycles. The Morgan fingerprint density at radius 3 is 2.50 bits per heavy atom. The number of nitrogens with zero attached hydrogens (tertiary/aromatic N) is 3. The molecule has 2 aromatic carbocycles. The van der Waals surface area contributed by atoms with Gasteiger partial charge in [-0.25, -0.2) is 0 Å². The first-order valence-electron chi connectivity index (χ1n) is 10.7. The third kappa shape index (κ3) is 4.54. The molecular formula is C27H15F3N4OS. The van der Waals surface area contributed by atoms with E-state index in [1.54, 1.807) is 36.7 Å². The van der Waals surface area contributed by atoms with Crippen molar-refractivity contribution in [3.8, 4) is 27.6 Å². The van der Waals surface area contributed by atoms with Gasteiger partial charge < -0.3 is 5.32 Å². The molecule has 9 heteroatoms. The summed E-state index contributed by atoms with van der Waals surface area (Å²) in [6, 6.07) is 19.0. The monoisotopic (exact) mass is 500 g/mol. The Hall–Kier alpha value is -4.55. The highest BCUT2D eigenvalue weighted by atomic mass is 32.1. The fraction of sp³-hybridized carbons (Fsp3) is 0.0370. The summed E-state index contributed by atoms with van der Waals surface area (Å²) in [6.07, 6.45) is 0.359. The highest BCUT2D eigenvalue weighted by Crippen LogP contribution is 2.40. The van der Waals surface area contributed by atoms with Crippen LogP contribution in [0.3, 0.4) is 0 Å². The zero-order valence-electron chi connectivity index (χ0n) is 18.4. The van der Waals surface area contributed by atoms with Crippen LogP contribution in [0.4, 0.5) is 18.9 Å². The number of thiophene rings is 1. The molecule has 0 aliphatic heterocycles. The molecule has 176 valence electrons. The molecule has 0 fully saturated rings. The fourth-order valence-corrected chi connectivity index (χ4v) is 4.99. The molecule has 0 bridgehead atoms. The lowest BCUT2D eigenvalue weighted by Crippen LogP contribution is -2.14. The molecule has 36 heavy (non-hydrogen) atoms. The average Bonchev–Trinajstić information content (AvgIpc) is 3.33. The van der Waals surface area contributed by atoms with Crippen LogP contribution in [0.1, 0.15) is 21.5 Å². The minimum absolute atomic E-state index is 0.112. The van der Waals surface area contributed by atoms with E-state index < -0.39 is 17.6 Å². The quantitative estimate of drug-likeness (QED) is 0.284. The SMILES string of the molecule is N#Cc1cnc2cc(-c3ccncc3)sc2c1-c1cccc(NC(=O)c2cccc(C(F)(F)F)c2)c1. The number of carbonyl (C=O) groups is 1. The molecular weight excluding hydrogens is 485 g/mol. The number of amides is 1. The lowest BCUT2D eigenvalue weighted by Gasteiger charge is -2.11. The van der Waals surface area contributed by atoms with Crippen LogP contribution in [-0.4, -0.2) is 15.9 Å². The first-order chi connectivity index (χ1) is 17.3. The number of carbonyl (C=O) groups excluding carboxylic acids is 1. The Labute approximate surface area is 207 Å². The van der Waals surface area contributed by atoms with Gasteiger partial charge in [0.25, 0.3) is 5.91 Å². The lowest BCUT2D eigenvalue weighted by atomic mass is 10.0. The highest BCUT2D eigenvalue weighted by molar-refractivity contribution is 7.22. The predicted octanol–water partition coefficient (Wildman–Crippen LogP) is 7.17. The van der Waals surface area contributed by atoms with Crippen molar-refractivity contribution < 1.29 is 18.0 Å². The van der Waals surface area contributed by atoms with E-state index in [1.807, 2.05) is 18.2 Å². The maximum absolute atomic E-state index is 13.0. The molecule has 0 atom stereocenters. The van der Waals surface area contributed by atoms with Gasteiger partial charge in [0.05, 0.1) is 21.3 Å². The molecule has 5 nitrogen and oxygen atoms in total. The van der Waals surface area contributed by atoms with Crippen LogP contribution < -0.4 is 5.32 Å². The van der Waals surface area contributed by atoms with Gasteiger partial charge in [-0.3, -0.25) is 14.8 Å². The summed E-state index contributed by atoms with van der Waals surface area (Å²) in [5.74, 6) is -0.672. The topological polar surface area (TPSA) is 78.7 Å². The van der Waals surface area contributed by atoms with Crippen LogP contribution in [-0.2, 0) is 6.18 Å². The second-order valence-corrected chi connectivity index (χ2v) is 8.89. The van der Waals surface area contributed by atoms with Crippen molar-refractivity contribution in [1.82, 2.24) is 9.97 Å². The zero-order valence-corrected chi connectivity index (χ0v) is 19.2. The van der Waals surface area contributed by atoms with Crippen molar-refractivity contribution in [1.29, 1.82) is 5.26 Å². The Morgan fingerprint density at radius 2 is 1.75 bits per heavy atom. The van der Waals surface area contributed by atoms with Gasteiger partial charge in [0.1, 0.15) is 6.07 Å². The molecule has 5 aromatic rings. The number of pyridine rings is 2. The molecule has 1 amide bonds. The number of nitriles is 1. The van der Waals surface area contributed by atoms with E-state index in [1.165, 1.54) is 29.7 Å². The van der Waals surface area contributed by atoms with E-state index in [0.717, 1.165) is 32.8 Å². The largest absolute Gasteiger partial charge is 0.416 e. The van der Waals surface area contributed by atoms with E-state index in [2.05, 4.69) is 21.4 Å². The van der Waals surface area contributed by atoms with Crippen LogP contribution >= 0.6 is 11.3 Å². The number of nitrogens with one attached hydrogen (secondary N) is 1. The van der Waals surface area contributed by atoms with Crippen molar-refractivity contribution in [3.63, 3.8) is 0 Å². The number of hydrogen-bond donors (Lipinski definition) is 1. The van der Waals surface area contributed by atoms with Gasteiger partial charge in [0.15, 0.2) is 0 Å². The van der Waals surface area contributed by atoms with Crippen LogP contribution in [0.25, 0.3) is 31.8 Å². The predicted molar refractivity (Wildman–Crippen MR) is 132 cm³/mol. The van der Waals surface area contributed by atoms with Gasteiger partial charge in [0.2, 0.25) is 0 Å². The van der Waals surface area contributed by atoms with Gasteiger partial charge >= 0.3 is 6.18 Å². The van der Waals surface area contributed by atoms with Crippen molar-refractivity contribution in [2.45, 2.75) is 6.18 Å².